The molecule has 0 heterocycles. The zero-order valence-corrected chi connectivity index (χ0v) is 10.4. The number of carbonyl (C=O) groups is 1. The number of esters is 1. The average molecular weight is 239 g/mol. The van der Waals surface area contributed by atoms with E-state index < -0.39 is 5.97 Å². The van der Waals surface area contributed by atoms with E-state index >= 15 is 0 Å². The van der Waals surface area contributed by atoms with Crippen LogP contribution in [-0.4, -0.2) is 19.6 Å². The molecule has 0 fully saturated rings. The van der Waals surface area contributed by atoms with Crippen molar-refractivity contribution in [3.8, 4) is 0 Å². The molecule has 94 valence electrons. The third kappa shape index (κ3) is 3.73. The highest BCUT2D eigenvalue weighted by molar-refractivity contribution is 5.90. The van der Waals surface area contributed by atoms with E-state index in [0.717, 1.165) is 6.42 Å². The monoisotopic (exact) mass is 239 g/mol. The molecule has 1 N–H and O–H groups in total. The van der Waals surface area contributed by atoms with Gasteiger partial charge in [0.1, 0.15) is 5.82 Å². The largest absolute Gasteiger partial charge is 0.465 e. The summed E-state index contributed by atoms with van der Waals surface area (Å²) in [5.41, 5.74) is 0.689. The van der Waals surface area contributed by atoms with Gasteiger partial charge in [-0.1, -0.05) is 20.3 Å². The zero-order chi connectivity index (χ0) is 12.8. The van der Waals surface area contributed by atoms with Gasteiger partial charge in [-0.25, -0.2) is 9.18 Å². The fraction of sp³-hybridized carbons (Fsp3) is 0.462. The molecule has 0 radical (unpaired) electrons. The van der Waals surface area contributed by atoms with Crippen LogP contribution in [0.15, 0.2) is 18.2 Å². The van der Waals surface area contributed by atoms with E-state index in [2.05, 4.69) is 23.9 Å². The molecule has 1 aromatic rings. The number of hydrogen-bond acceptors (Lipinski definition) is 3. The van der Waals surface area contributed by atoms with Gasteiger partial charge in [-0.3, -0.25) is 0 Å². The van der Waals surface area contributed by atoms with Crippen molar-refractivity contribution in [3.05, 3.63) is 29.6 Å². The minimum Gasteiger partial charge on any atom is -0.465 e. The van der Waals surface area contributed by atoms with Gasteiger partial charge in [0.2, 0.25) is 0 Å². The molecule has 0 bridgehead atoms. The summed E-state index contributed by atoms with van der Waals surface area (Å²) in [4.78, 5) is 11.3. The number of ether oxygens (including phenoxy) is 1. The summed E-state index contributed by atoms with van der Waals surface area (Å²) in [6.45, 7) is 4.83. The standard InChI is InChI=1S/C13H18FNO2/c1-4-9(2)8-15-12-7-10(13(16)17-3)5-6-11(12)14/h5-7,9,15H,4,8H2,1-3H3. The number of anilines is 1. The van der Waals surface area contributed by atoms with Crippen LogP contribution in [0, 0.1) is 11.7 Å². The molecular formula is C13H18FNO2. The van der Waals surface area contributed by atoms with Crippen LogP contribution in [0.3, 0.4) is 0 Å². The molecule has 0 aliphatic rings. The van der Waals surface area contributed by atoms with Crippen LogP contribution >= 0.6 is 0 Å². The Balaban J connectivity index is 2.80. The first-order chi connectivity index (χ1) is 8.08. The van der Waals surface area contributed by atoms with Crippen LogP contribution < -0.4 is 5.32 Å². The van der Waals surface area contributed by atoms with Crippen molar-refractivity contribution < 1.29 is 13.9 Å². The van der Waals surface area contributed by atoms with E-state index in [1.807, 2.05) is 0 Å². The van der Waals surface area contributed by atoms with E-state index in [-0.39, 0.29) is 5.82 Å². The van der Waals surface area contributed by atoms with Gasteiger partial charge >= 0.3 is 5.97 Å². The fourth-order valence-electron chi connectivity index (χ4n) is 1.33. The molecule has 0 amide bonds. The normalized spacial score (nSPS) is 12.0. The number of carbonyl (C=O) groups excluding carboxylic acids is 1. The molecule has 1 rings (SSSR count). The van der Waals surface area contributed by atoms with Gasteiger partial charge in [0.15, 0.2) is 0 Å². The Morgan fingerprint density at radius 3 is 2.82 bits per heavy atom. The van der Waals surface area contributed by atoms with Crippen molar-refractivity contribution in [1.82, 2.24) is 0 Å². The summed E-state index contributed by atoms with van der Waals surface area (Å²) in [7, 11) is 1.30. The Morgan fingerprint density at radius 1 is 1.53 bits per heavy atom. The molecule has 1 aromatic carbocycles. The maximum atomic E-state index is 13.5. The highest BCUT2D eigenvalue weighted by Crippen LogP contribution is 2.17. The Kier molecular flexibility index (Phi) is 4.94. The Morgan fingerprint density at radius 2 is 2.24 bits per heavy atom. The average Bonchev–Trinajstić information content (AvgIpc) is 2.36. The molecule has 0 saturated heterocycles. The quantitative estimate of drug-likeness (QED) is 0.802. The highest BCUT2D eigenvalue weighted by Gasteiger charge is 2.10. The maximum absolute atomic E-state index is 13.5. The van der Waals surface area contributed by atoms with Gasteiger partial charge in [-0.2, -0.15) is 0 Å². The Hall–Kier alpha value is -1.58. The van der Waals surface area contributed by atoms with Gasteiger partial charge < -0.3 is 10.1 Å². The molecule has 0 aromatic heterocycles. The number of benzene rings is 1. The van der Waals surface area contributed by atoms with E-state index in [1.54, 1.807) is 0 Å². The van der Waals surface area contributed by atoms with Crippen molar-refractivity contribution in [2.45, 2.75) is 20.3 Å². The first-order valence-electron chi connectivity index (χ1n) is 5.70. The van der Waals surface area contributed by atoms with Crippen LogP contribution in [0.4, 0.5) is 10.1 Å². The summed E-state index contributed by atoms with van der Waals surface area (Å²) in [6.07, 6.45) is 1.02. The second-order valence-corrected chi connectivity index (χ2v) is 4.08. The van der Waals surface area contributed by atoms with Crippen molar-refractivity contribution in [3.63, 3.8) is 0 Å². The lowest BCUT2D eigenvalue weighted by Crippen LogP contribution is -2.12. The highest BCUT2D eigenvalue weighted by atomic mass is 19.1. The Bertz CT molecular complexity index is 393. The number of nitrogens with one attached hydrogen (secondary N) is 1. The van der Waals surface area contributed by atoms with Crippen molar-refractivity contribution in [2.75, 3.05) is 19.0 Å². The van der Waals surface area contributed by atoms with E-state index in [4.69, 9.17) is 0 Å². The van der Waals surface area contributed by atoms with Crippen molar-refractivity contribution in [2.24, 2.45) is 5.92 Å². The smallest absolute Gasteiger partial charge is 0.337 e. The van der Waals surface area contributed by atoms with Crippen molar-refractivity contribution in [1.29, 1.82) is 0 Å². The summed E-state index contributed by atoms with van der Waals surface area (Å²) < 4.78 is 18.1. The van der Waals surface area contributed by atoms with Crippen molar-refractivity contribution >= 4 is 11.7 Å². The topological polar surface area (TPSA) is 38.3 Å². The lowest BCUT2D eigenvalue weighted by molar-refractivity contribution is 0.0600. The molecule has 1 atom stereocenters. The predicted octanol–water partition coefficient (Wildman–Crippen LogP) is 3.07. The van der Waals surface area contributed by atoms with Crippen LogP contribution in [0.5, 0.6) is 0 Å². The van der Waals surface area contributed by atoms with E-state index in [1.165, 1.54) is 25.3 Å². The van der Waals surface area contributed by atoms with Gasteiger partial charge in [-0.15, -0.1) is 0 Å². The second kappa shape index (κ2) is 6.23. The van der Waals surface area contributed by atoms with Crippen LogP contribution in [0.1, 0.15) is 30.6 Å². The first kappa shape index (κ1) is 13.5. The lowest BCUT2D eigenvalue weighted by Gasteiger charge is -2.12. The lowest BCUT2D eigenvalue weighted by atomic mass is 10.1. The molecule has 0 saturated carbocycles. The first-order valence-corrected chi connectivity index (χ1v) is 5.70. The van der Waals surface area contributed by atoms with Gasteiger partial charge in [0.05, 0.1) is 18.4 Å². The van der Waals surface area contributed by atoms with Crippen LogP contribution in [-0.2, 0) is 4.74 Å². The van der Waals surface area contributed by atoms with Gasteiger partial charge in [0.25, 0.3) is 0 Å². The minimum atomic E-state index is -0.461. The van der Waals surface area contributed by atoms with Gasteiger partial charge in [0, 0.05) is 6.54 Å². The molecule has 4 heteroatoms. The van der Waals surface area contributed by atoms with Crippen LogP contribution in [0.2, 0.25) is 0 Å². The molecule has 3 nitrogen and oxygen atoms in total. The summed E-state index contributed by atoms with van der Waals surface area (Å²) >= 11 is 0. The summed E-state index contributed by atoms with van der Waals surface area (Å²) in [5, 5.41) is 3.00. The van der Waals surface area contributed by atoms with E-state index in [0.29, 0.717) is 23.7 Å². The predicted molar refractivity (Wildman–Crippen MR) is 65.7 cm³/mol. The molecule has 0 aliphatic carbocycles. The van der Waals surface area contributed by atoms with Crippen LogP contribution in [0.25, 0.3) is 0 Å². The van der Waals surface area contributed by atoms with E-state index in [9.17, 15) is 9.18 Å². The van der Waals surface area contributed by atoms with Gasteiger partial charge in [-0.05, 0) is 24.1 Å². The number of hydrogen-bond donors (Lipinski definition) is 1. The summed E-state index contributed by atoms with van der Waals surface area (Å²) in [5.74, 6) is -0.367. The fourth-order valence-corrected chi connectivity index (χ4v) is 1.33. The third-order valence-electron chi connectivity index (χ3n) is 2.73. The minimum absolute atomic E-state index is 0.341. The Labute approximate surface area is 101 Å². The molecule has 0 aliphatic heterocycles. The molecule has 17 heavy (non-hydrogen) atoms. The maximum Gasteiger partial charge on any atom is 0.337 e. The number of methoxy groups -OCH3 is 1. The molecule has 0 spiro atoms. The summed E-state index contributed by atoms with van der Waals surface area (Å²) in [6, 6.07) is 4.16. The second-order valence-electron chi connectivity index (χ2n) is 4.08. The SMILES string of the molecule is CCC(C)CNc1cc(C(=O)OC)ccc1F. The molecule has 1 unspecified atom stereocenters. The number of halogens is 1. The third-order valence-corrected chi connectivity index (χ3v) is 2.73. The molecular weight excluding hydrogens is 221 g/mol. The number of rotatable bonds is 5. The zero-order valence-electron chi connectivity index (χ0n) is 10.4.